The zero-order valence-corrected chi connectivity index (χ0v) is 25.7. The van der Waals surface area contributed by atoms with Crippen molar-refractivity contribution in [1.82, 2.24) is 0 Å². The van der Waals surface area contributed by atoms with Crippen molar-refractivity contribution in [3.8, 4) is 25.9 Å². The maximum absolute atomic E-state index is 6.02. The van der Waals surface area contributed by atoms with Gasteiger partial charge < -0.3 is 9.64 Å². The molecule has 0 radical (unpaired) electrons. The van der Waals surface area contributed by atoms with Crippen LogP contribution in [0.4, 0.5) is 17.1 Å². The van der Waals surface area contributed by atoms with Gasteiger partial charge in [0.2, 0.25) is 0 Å². The van der Waals surface area contributed by atoms with E-state index in [4.69, 9.17) is 4.74 Å². The van der Waals surface area contributed by atoms with Gasteiger partial charge in [-0.1, -0.05) is 64.3 Å². The summed E-state index contributed by atoms with van der Waals surface area (Å²) < 4.78 is 6.02. The summed E-state index contributed by atoms with van der Waals surface area (Å²) in [6.45, 7) is 9.65. The average molecular weight is 566 g/mol. The van der Waals surface area contributed by atoms with Gasteiger partial charge in [-0.05, 0) is 103 Å². The van der Waals surface area contributed by atoms with Gasteiger partial charge in [0.1, 0.15) is 5.75 Å². The van der Waals surface area contributed by atoms with Crippen LogP contribution in [0.1, 0.15) is 62.8 Å². The molecule has 5 rings (SSSR count). The molecule has 0 fully saturated rings. The average Bonchev–Trinajstić information content (AvgIpc) is 3.64. The SMILES string of the molecule is CCCCCCOc1ccc(N(c2ccc(-c3ccc(-c4ccc(C)s4)s3)cc2)c2ccc(C(C)C)cc2)cc1. The summed E-state index contributed by atoms with van der Waals surface area (Å²) in [5.41, 5.74) is 6.00. The zero-order chi connectivity index (χ0) is 27.9. The second-order valence-electron chi connectivity index (χ2n) is 10.6. The number of rotatable bonds is 12. The highest BCUT2D eigenvalue weighted by atomic mass is 32.1. The van der Waals surface area contributed by atoms with Gasteiger partial charge in [0.25, 0.3) is 0 Å². The Labute approximate surface area is 247 Å². The van der Waals surface area contributed by atoms with Crippen LogP contribution in [0.25, 0.3) is 20.2 Å². The zero-order valence-electron chi connectivity index (χ0n) is 24.0. The molecule has 2 heterocycles. The molecule has 0 bridgehead atoms. The van der Waals surface area contributed by atoms with Gasteiger partial charge in [0.05, 0.1) is 6.61 Å². The minimum Gasteiger partial charge on any atom is -0.494 e. The summed E-state index contributed by atoms with van der Waals surface area (Å²) in [5, 5.41) is 0. The standard InChI is InChI=1S/C36H39NOS2/c1-5-6-7-8-25-38-33-20-18-32(19-21-33)37(30-14-10-28(11-15-30)26(2)3)31-16-12-29(13-17-31)34-23-24-36(40-34)35-22-9-27(4)39-35/h9-24,26H,5-8,25H2,1-4H3. The highest BCUT2D eigenvalue weighted by Gasteiger charge is 2.14. The van der Waals surface area contributed by atoms with Crippen LogP contribution in [0.5, 0.6) is 5.75 Å². The van der Waals surface area contributed by atoms with Crippen molar-refractivity contribution in [3.05, 3.63) is 108 Å². The van der Waals surface area contributed by atoms with E-state index in [0.29, 0.717) is 5.92 Å². The maximum atomic E-state index is 6.02. The molecular weight excluding hydrogens is 527 g/mol. The van der Waals surface area contributed by atoms with Crippen LogP contribution in [-0.2, 0) is 0 Å². The van der Waals surface area contributed by atoms with Crippen LogP contribution in [0.2, 0.25) is 0 Å². The lowest BCUT2D eigenvalue weighted by Crippen LogP contribution is -2.10. The Kier molecular flexibility index (Phi) is 9.41. The first-order valence-corrected chi connectivity index (χ1v) is 16.0. The highest BCUT2D eigenvalue weighted by molar-refractivity contribution is 7.23. The molecule has 0 amide bonds. The predicted octanol–water partition coefficient (Wildman–Crippen LogP) is 12.0. The van der Waals surface area contributed by atoms with E-state index in [0.717, 1.165) is 35.8 Å². The third-order valence-corrected chi connectivity index (χ3v) is 9.51. The third-order valence-electron chi connectivity index (χ3n) is 7.18. The predicted molar refractivity (Wildman–Crippen MR) is 176 cm³/mol. The Morgan fingerprint density at radius 2 is 1.20 bits per heavy atom. The van der Waals surface area contributed by atoms with E-state index in [1.165, 1.54) is 49.9 Å². The van der Waals surface area contributed by atoms with Crippen LogP contribution < -0.4 is 9.64 Å². The number of ether oxygens (including phenoxy) is 1. The van der Waals surface area contributed by atoms with E-state index < -0.39 is 0 Å². The molecule has 2 nitrogen and oxygen atoms in total. The second-order valence-corrected chi connectivity index (χ2v) is 13.0. The molecule has 0 unspecified atom stereocenters. The largest absolute Gasteiger partial charge is 0.494 e. The van der Waals surface area contributed by atoms with Crippen LogP contribution >= 0.6 is 22.7 Å². The van der Waals surface area contributed by atoms with Gasteiger partial charge in [0.15, 0.2) is 0 Å². The second kappa shape index (κ2) is 13.3. The smallest absolute Gasteiger partial charge is 0.119 e. The molecule has 206 valence electrons. The minimum absolute atomic E-state index is 0.504. The van der Waals surface area contributed by atoms with Crippen LogP contribution in [0, 0.1) is 6.92 Å². The van der Waals surface area contributed by atoms with Gasteiger partial charge in [0, 0.05) is 36.6 Å². The summed E-state index contributed by atoms with van der Waals surface area (Å²) in [4.78, 5) is 7.64. The summed E-state index contributed by atoms with van der Waals surface area (Å²) in [6, 6.07) is 35.3. The number of benzene rings is 3. The summed E-state index contributed by atoms with van der Waals surface area (Å²) in [5.74, 6) is 1.43. The van der Waals surface area contributed by atoms with Crippen LogP contribution in [0.3, 0.4) is 0 Å². The Bertz CT molecular complexity index is 1480. The van der Waals surface area contributed by atoms with Gasteiger partial charge in [-0.2, -0.15) is 0 Å². The van der Waals surface area contributed by atoms with Crippen LogP contribution in [0.15, 0.2) is 97.1 Å². The fourth-order valence-corrected chi connectivity index (χ4v) is 6.80. The van der Waals surface area contributed by atoms with E-state index in [-0.39, 0.29) is 0 Å². The quantitative estimate of drug-likeness (QED) is 0.139. The van der Waals surface area contributed by atoms with E-state index in [1.54, 1.807) is 0 Å². The van der Waals surface area contributed by atoms with Gasteiger partial charge in [-0.3, -0.25) is 0 Å². The molecule has 3 aromatic carbocycles. The Balaban J connectivity index is 1.39. The Morgan fingerprint density at radius 3 is 1.80 bits per heavy atom. The lowest BCUT2D eigenvalue weighted by Gasteiger charge is -2.26. The Hall–Kier alpha value is -3.34. The summed E-state index contributed by atoms with van der Waals surface area (Å²) in [6.07, 6.45) is 4.85. The first-order chi connectivity index (χ1) is 19.5. The molecule has 0 saturated heterocycles. The van der Waals surface area contributed by atoms with E-state index in [1.807, 2.05) is 22.7 Å². The fourth-order valence-electron chi connectivity index (χ4n) is 4.83. The number of aryl methyl sites for hydroxylation is 1. The minimum atomic E-state index is 0.504. The molecule has 0 saturated carbocycles. The van der Waals surface area contributed by atoms with E-state index in [9.17, 15) is 0 Å². The molecule has 40 heavy (non-hydrogen) atoms. The summed E-state index contributed by atoms with van der Waals surface area (Å²) in [7, 11) is 0. The molecule has 2 aromatic heterocycles. The third kappa shape index (κ3) is 6.86. The fraction of sp³-hybridized carbons (Fsp3) is 0.278. The van der Waals surface area contributed by atoms with Crippen LogP contribution in [-0.4, -0.2) is 6.61 Å². The molecule has 4 heteroatoms. The van der Waals surface area contributed by atoms with Crippen molar-refractivity contribution >= 4 is 39.7 Å². The van der Waals surface area contributed by atoms with Crippen molar-refractivity contribution in [2.24, 2.45) is 0 Å². The number of hydrogen-bond donors (Lipinski definition) is 0. The summed E-state index contributed by atoms with van der Waals surface area (Å²) >= 11 is 3.72. The molecule has 0 aliphatic rings. The van der Waals surface area contributed by atoms with Crippen molar-refractivity contribution in [2.75, 3.05) is 11.5 Å². The lowest BCUT2D eigenvalue weighted by atomic mass is 10.0. The van der Waals surface area contributed by atoms with Crippen molar-refractivity contribution in [3.63, 3.8) is 0 Å². The number of anilines is 3. The van der Waals surface area contributed by atoms with Crippen molar-refractivity contribution < 1.29 is 4.74 Å². The Morgan fingerprint density at radius 1 is 0.625 bits per heavy atom. The van der Waals surface area contributed by atoms with Gasteiger partial charge in [-0.25, -0.2) is 0 Å². The van der Waals surface area contributed by atoms with E-state index >= 15 is 0 Å². The molecule has 0 aliphatic heterocycles. The maximum Gasteiger partial charge on any atom is 0.119 e. The first kappa shape index (κ1) is 28.2. The van der Waals surface area contributed by atoms with Gasteiger partial charge >= 0.3 is 0 Å². The molecule has 0 aliphatic carbocycles. The van der Waals surface area contributed by atoms with Crippen molar-refractivity contribution in [2.45, 2.75) is 59.3 Å². The highest BCUT2D eigenvalue weighted by Crippen LogP contribution is 2.40. The number of unbranched alkanes of at least 4 members (excludes halogenated alkanes) is 3. The molecular formula is C36H39NOS2. The first-order valence-electron chi connectivity index (χ1n) is 14.4. The molecule has 0 atom stereocenters. The molecule has 0 spiro atoms. The molecule has 5 aromatic rings. The molecule has 0 N–H and O–H groups in total. The van der Waals surface area contributed by atoms with E-state index in [2.05, 4.69) is 130 Å². The normalized spacial score (nSPS) is 11.2. The van der Waals surface area contributed by atoms with Crippen molar-refractivity contribution in [1.29, 1.82) is 0 Å². The lowest BCUT2D eigenvalue weighted by molar-refractivity contribution is 0.305. The number of hydrogen-bond acceptors (Lipinski definition) is 4. The monoisotopic (exact) mass is 565 g/mol. The topological polar surface area (TPSA) is 12.5 Å². The number of nitrogens with zero attached hydrogens (tertiary/aromatic N) is 1. The number of thiophene rings is 2. The van der Waals surface area contributed by atoms with Gasteiger partial charge in [-0.15, -0.1) is 22.7 Å².